The van der Waals surface area contributed by atoms with E-state index in [1.54, 1.807) is 18.7 Å². The molecular formula is C22H31ClN2O6S. The van der Waals surface area contributed by atoms with Gasteiger partial charge < -0.3 is 14.4 Å². The van der Waals surface area contributed by atoms with Crippen LogP contribution in [0.5, 0.6) is 0 Å². The Morgan fingerprint density at radius 3 is 2.31 bits per heavy atom. The number of sulfonamides is 1. The summed E-state index contributed by atoms with van der Waals surface area (Å²) >= 11 is 6.20. The van der Waals surface area contributed by atoms with Crippen molar-refractivity contribution in [3.63, 3.8) is 0 Å². The molecule has 2 aliphatic heterocycles. The van der Waals surface area contributed by atoms with Crippen LogP contribution in [0.2, 0.25) is 5.02 Å². The Morgan fingerprint density at radius 1 is 1.12 bits per heavy atom. The third-order valence-corrected chi connectivity index (χ3v) is 8.21. The molecule has 0 unspecified atom stereocenters. The normalized spacial score (nSPS) is 24.2. The van der Waals surface area contributed by atoms with Crippen molar-refractivity contribution in [1.82, 2.24) is 9.21 Å². The van der Waals surface area contributed by atoms with Gasteiger partial charge in [-0.05, 0) is 57.7 Å². The summed E-state index contributed by atoms with van der Waals surface area (Å²) in [4.78, 5) is 26.9. The van der Waals surface area contributed by atoms with E-state index in [1.165, 1.54) is 29.4 Å². The number of piperidine rings is 1. The first kappa shape index (κ1) is 25.0. The molecule has 2 fully saturated rings. The van der Waals surface area contributed by atoms with Crippen LogP contribution in [0.25, 0.3) is 0 Å². The number of nitrogens with zero attached hydrogens (tertiary/aromatic N) is 2. The lowest BCUT2D eigenvalue weighted by atomic mass is 9.99. The van der Waals surface area contributed by atoms with Gasteiger partial charge in [0.2, 0.25) is 10.0 Å². The van der Waals surface area contributed by atoms with Gasteiger partial charge in [-0.1, -0.05) is 18.5 Å². The number of hydrogen-bond donors (Lipinski definition) is 0. The number of carbonyl (C=O) groups is 2. The Balaban J connectivity index is 1.74. The minimum absolute atomic E-state index is 0.0138. The minimum atomic E-state index is -3.94. The van der Waals surface area contributed by atoms with E-state index in [0.717, 1.165) is 12.8 Å². The maximum absolute atomic E-state index is 13.2. The molecule has 1 aromatic rings. The molecular weight excluding hydrogens is 456 g/mol. The average molecular weight is 487 g/mol. The summed E-state index contributed by atoms with van der Waals surface area (Å²) in [6.45, 7) is 8.94. The number of carbonyl (C=O) groups excluding carboxylic acids is 2. The SMILES string of the molecule is CC1CCN(C(=O)[C@H](C)OC(=O)c2ccc(Cl)c(S(=O)(=O)N3C[C@@H](C)O[C@@H](C)C3)c2)CC1. The van der Waals surface area contributed by atoms with E-state index in [1.807, 2.05) is 0 Å². The topological polar surface area (TPSA) is 93.2 Å². The first-order chi connectivity index (χ1) is 15.0. The number of rotatable bonds is 5. The number of benzene rings is 1. The van der Waals surface area contributed by atoms with Gasteiger partial charge >= 0.3 is 5.97 Å². The second-order valence-electron chi connectivity index (χ2n) is 8.78. The molecule has 178 valence electrons. The summed E-state index contributed by atoms with van der Waals surface area (Å²) < 4.78 is 38.7. The van der Waals surface area contributed by atoms with Crippen molar-refractivity contribution in [2.24, 2.45) is 5.92 Å². The van der Waals surface area contributed by atoms with Gasteiger partial charge in [0.1, 0.15) is 4.90 Å². The zero-order chi connectivity index (χ0) is 23.6. The lowest BCUT2D eigenvalue weighted by Crippen LogP contribution is -2.48. The summed E-state index contributed by atoms with van der Waals surface area (Å²) in [6, 6.07) is 3.97. The third-order valence-electron chi connectivity index (χ3n) is 5.90. The Morgan fingerprint density at radius 2 is 1.72 bits per heavy atom. The number of amides is 1. The molecule has 8 nitrogen and oxygen atoms in total. The molecule has 0 N–H and O–H groups in total. The number of halogens is 1. The van der Waals surface area contributed by atoms with E-state index in [9.17, 15) is 18.0 Å². The van der Waals surface area contributed by atoms with Gasteiger partial charge in [-0.15, -0.1) is 0 Å². The molecule has 0 radical (unpaired) electrons. The molecule has 0 aromatic heterocycles. The first-order valence-electron chi connectivity index (χ1n) is 10.9. The van der Waals surface area contributed by atoms with E-state index >= 15 is 0 Å². The molecule has 0 spiro atoms. The standard InChI is InChI=1S/C22H31ClN2O6S/c1-14-7-9-24(10-8-14)21(26)17(4)31-22(27)18-5-6-19(23)20(11-18)32(28,29)25-12-15(2)30-16(3)13-25/h5-6,11,14-17H,7-10,12-13H2,1-4H3/t15-,16+,17-/m0/s1. The van der Waals surface area contributed by atoms with Crippen molar-refractivity contribution in [3.05, 3.63) is 28.8 Å². The summed E-state index contributed by atoms with van der Waals surface area (Å²) in [7, 11) is -3.94. The smallest absolute Gasteiger partial charge is 0.338 e. The first-order valence-corrected chi connectivity index (χ1v) is 12.8. The highest BCUT2D eigenvalue weighted by Crippen LogP contribution is 2.28. The highest BCUT2D eigenvalue weighted by Gasteiger charge is 2.34. The fraction of sp³-hybridized carbons (Fsp3) is 0.636. The molecule has 1 aromatic carbocycles. The van der Waals surface area contributed by atoms with Gasteiger partial charge in [0.25, 0.3) is 5.91 Å². The van der Waals surface area contributed by atoms with Crippen LogP contribution in [-0.2, 0) is 24.3 Å². The zero-order valence-electron chi connectivity index (χ0n) is 18.9. The highest BCUT2D eigenvalue weighted by molar-refractivity contribution is 7.89. The maximum atomic E-state index is 13.2. The van der Waals surface area contributed by atoms with Crippen molar-refractivity contribution in [3.8, 4) is 0 Å². The van der Waals surface area contributed by atoms with Crippen LogP contribution < -0.4 is 0 Å². The van der Waals surface area contributed by atoms with Gasteiger partial charge in [0.05, 0.1) is 22.8 Å². The molecule has 0 saturated carbocycles. The van der Waals surface area contributed by atoms with Crippen LogP contribution in [0.15, 0.2) is 23.1 Å². The van der Waals surface area contributed by atoms with Gasteiger partial charge in [-0.25, -0.2) is 13.2 Å². The van der Waals surface area contributed by atoms with Gasteiger partial charge in [0.15, 0.2) is 6.10 Å². The monoisotopic (exact) mass is 486 g/mol. The predicted octanol–water partition coefficient (Wildman–Crippen LogP) is 2.94. The molecule has 3 atom stereocenters. The van der Waals surface area contributed by atoms with Gasteiger partial charge in [-0.2, -0.15) is 4.31 Å². The number of esters is 1. The van der Waals surface area contributed by atoms with Gasteiger partial charge in [-0.3, -0.25) is 4.79 Å². The second kappa shape index (κ2) is 10.1. The molecule has 2 saturated heterocycles. The van der Waals surface area contributed by atoms with E-state index < -0.39 is 22.1 Å². The molecule has 1 amide bonds. The predicted molar refractivity (Wildman–Crippen MR) is 120 cm³/mol. The Kier molecular flexibility index (Phi) is 7.85. The van der Waals surface area contributed by atoms with Crippen molar-refractivity contribution in [2.75, 3.05) is 26.2 Å². The highest BCUT2D eigenvalue weighted by atomic mass is 35.5. The fourth-order valence-corrected chi connectivity index (χ4v) is 6.15. The van der Waals surface area contributed by atoms with Crippen LogP contribution >= 0.6 is 11.6 Å². The van der Waals surface area contributed by atoms with Crippen LogP contribution in [-0.4, -0.2) is 74.0 Å². The maximum Gasteiger partial charge on any atom is 0.338 e. The number of morpholine rings is 1. The fourth-order valence-electron chi connectivity index (χ4n) is 4.06. The molecule has 2 heterocycles. The van der Waals surface area contributed by atoms with E-state index in [-0.39, 0.29) is 46.7 Å². The molecule has 10 heteroatoms. The van der Waals surface area contributed by atoms with Gasteiger partial charge in [0, 0.05) is 26.2 Å². The molecule has 3 rings (SSSR count). The second-order valence-corrected chi connectivity index (χ2v) is 11.1. The summed E-state index contributed by atoms with van der Waals surface area (Å²) in [5.41, 5.74) is 0.0225. The zero-order valence-corrected chi connectivity index (χ0v) is 20.5. The molecule has 0 aliphatic carbocycles. The summed E-state index contributed by atoms with van der Waals surface area (Å²) in [5.74, 6) is -0.444. The number of hydrogen-bond acceptors (Lipinski definition) is 6. The van der Waals surface area contributed by atoms with E-state index in [0.29, 0.717) is 19.0 Å². The Labute approximate surface area is 194 Å². The summed E-state index contributed by atoms with van der Waals surface area (Å²) in [6.07, 6.45) is 0.357. The van der Waals surface area contributed by atoms with Crippen LogP contribution in [0.3, 0.4) is 0 Å². The molecule has 2 aliphatic rings. The summed E-state index contributed by atoms with van der Waals surface area (Å²) in [5, 5.41) is 0.0138. The van der Waals surface area contributed by atoms with Crippen LogP contribution in [0.4, 0.5) is 0 Å². The largest absolute Gasteiger partial charge is 0.449 e. The lowest BCUT2D eigenvalue weighted by molar-refractivity contribution is -0.141. The average Bonchev–Trinajstić information content (AvgIpc) is 2.73. The number of ether oxygens (including phenoxy) is 2. The van der Waals surface area contributed by atoms with Crippen molar-refractivity contribution < 1.29 is 27.5 Å². The third kappa shape index (κ3) is 5.62. The minimum Gasteiger partial charge on any atom is -0.449 e. The quantitative estimate of drug-likeness (QED) is 0.594. The van der Waals surface area contributed by atoms with Crippen LogP contribution in [0, 0.1) is 5.92 Å². The Hall–Kier alpha value is -1.68. The van der Waals surface area contributed by atoms with Crippen molar-refractivity contribution in [1.29, 1.82) is 0 Å². The van der Waals surface area contributed by atoms with Crippen molar-refractivity contribution >= 4 is 33.5 Å². The van der Waals surface area contributed by atoms with E-state index in [4.69, 9.17) is 21.1 Å². The number of likely N-dealkylation sites (tertiary alicyclic amines) is 1. The molecule has 32 heavy (non-hydrogen) atoms. The van der Waals surface area contributed by atoms with Crippen molar-refractivity contribution in [2.45, 2.75) is 63.7 Å². The lowest BCUT2D eigenvalue weighted by Gasteiger charge is -2.34. The van der Waals surface area contributed by atoms with E-state index in [2.05, 4.69) is 6.92 Å². The van der Waals surface area contributed by atoms with Crippen LogP contribution in [0.1, 0.15) is 50.9 Å². The Bertz CT molecular complexity index is 951. The molecule has 0 bridgehead atoms.